The van der Waals surface area contributed by atoms with Crippen LogP contribution in [0.4, 0.5) is 0 Å². The molecule has 28 heavy (non-hydrogen) atoms. The van der Waals surface area contributed by atoms with Crippen LogP contribution >= 0.6 is 0 Å². The molecule has 0 saturated heterocycles. The summed E-state index contributed by atoms with van der Waals surface area (Å²) < 4.78 is 10.8. The minimum atomic E-state index is -0.406. The number of benzene rings is 2. The van der Waals surface area contributed by atoms with Crippen LogP contribution in [0, 0.1) is 0 Å². The van der Waals surface area contributed by atoms with Gasteiger partial charge in [0.05, 0.1) is 20.3 Å². The first-order valence-electron chi connectivity index (χ1n) is 9.64. The summed E-state index contributed by atoms with van der Waals surface area (Å²) in [6, 6.07) is 13.9. The Hall–Kier alpha value is -2.79. The highest BCUT2D eigenvalue weighted by Crippen LogP contribution is 2.39. The van der Waals surface area contributed by atoms with Gasteiger partial charge in [0.1, 0.15) is 11.8 Å². The number of H-pyrrole nitrogens is 1. The van der Waals surface area contributed by atoms with Gasteiger partial charge in [-0.25, -0.2) is 0 Å². The van der Waals surface area contributed by atoms with E-state index in [0.29, 0.717) is 12.3 Å². The number of carbonyl (C=O) groups is 1. The Morgan fingerprint density at radius 3 is 2.64 bits per heavy atom. The van der Waals surface area contributed by atoms with Crippen molar-refractivity contribution < 1.29 is 14.3 Å². The van der Waals surface area contributed by atoms with Crippen molar-refractivity contribution in [2.24, 2.45) is 0 Å². The second-order valence-electron chi connectivity index (χ2n) is 7.60. The standard InChI is InChI=1S/C23H26N2O3/c1-13(2)14-9-10-16(20(11-14)27-3)21-22-17(12-19(25-21)23(26)28-4)15-7-5-6-8-18(15)24-22/h5-11,13,19,21,24-25H,12H2,1-4H3. The minimum Gasteiger partial charge on any atom is -0.496 e. The fraction of sp³-hybridized carbons (Fsp3) is 0.348. The molecule has 2 heterocycles. The highest BCUT2D eigenvalue weighted by Gasteiger charge is 2.35. The van der Waals surface area contributed by atoms with Crippen LogP contribution < -0.4 is 10.1 Å². The van der Waals surface area contributed by atoms with E-state index in [0.717, 1.165) is 33.5 Å². The molecule has 0 amide bonds. The molecule has 2 aromatic carbocycles. The van der Waals surface area contributed by atoms with Crippen molar-refractivity contribution in [1.82, 2.24) is 10.3 Å². The molecule has 146 valence electrons. The third-order valence-electron chi connectivity index (χ3n) is 5.63. The summed E-state index contributed by atoms with van der Waals surface area (Å²) in [7, 11) is 3.12. The molecule has 0 fully saturated rings. The van der Waals surface area contributed by atoms with Crippen LogP contribution in [0.2, 0.25) is 0 Å². The van der Waals surface area contributed by atoms with E-state index in [2.05, 4.69) is 54.5 Å². The molecule has 2 N–H and O–H groups in total. The smallest absolute Gasteiger partial charge is 0.323 e. The molecule has 1 aromatic heterocycles. The number of ether oxygens (including phenoxy) is 2. The number of rotatable bonds is 4. The van der Waals surface area contributed by atoms with E-state index in [1.54, 1.807) is 7.11 Å². The van der Waals surface area contributed by atoms with Crippen LogP contribution in [0.15, 0.2) is 42.5 Å². The molecular formula is C23H26N2O3. The van der Waals surface area contributed by atoms with Gasteiger partial charge in [0.15, 0.2) is 0 Å². The number of aromatic nitrogens is 1. The number of carbonyl (C=O) groups excluding carboxylic acids is 1. The molecule has 2 unspecified atom stereocenters. The molecule has 2 atom stereocenters. The first kappa shape index (κ1) is 18.6. The van der Waals surface area contributed by atoms with Crippen molar-refractivity contribution in [2.75, 3.05) is 14.2 Å². The Bertz CT molecular complexity index is 1020. The minimum absolute atomic E-state index is 0.184. The van der Waals surface area contributed by atoms with Gasteiger partial charge in [0, 0.05) is 28.6 Å². The quantitative estimate of drug-likeness (QED) is 0.672. The largest absolute Gasteiger partial charge is 0.496 e. The molecular weight excluding hydrogens is 352 g/mol. The van der Waals surface area contributed by atoms with Gasteiger partial charge in [-0.3, -0.25) is 10.1 Å². The molecule has 1 aliphatic rings. The van der Waals surface area contributed by atoms with E-state index in [4.69, 9.17) is 9.47 Å². The van der Waals surface area contributed by atoms with E-state index in [1.165, 1.54) is 12.7 Å². The highest BCUT2D eigenvalue weighted by molar-refractivity contribution is 5.87. The van der Waals surface area contributed by atoms with Gasteiger partial charge in [0.25, 0.3) is 0 Å². The van der Waals surface area contributed by atoms with Gasteiger partial charge < -0.3 is 14.5 Å². The second-order valence-corrected chi connectivity index (χ2v) is 7.60. The van der Waals surface area contributed by atoms with Gasteiger partial charge >= 0.3 is 5.97 Å². The van der Waals surface area contributed by atoms with Crippen molar-refractivity contribution in [3.8, 4) is 5.75 Å². The summed E-state index contributed by atoms with van der Waals surface area (Å²) in [6.07, 6.45) is 0.592. The molecule has 0 saturated carbocycles. The number of aromatic amines is 1. The maximum absolute atomic E-state index is 12.4. The van der Waals surface area contributed by atoms with E-state index in [9.17, 15) is 4.79 Å². The molecule has 5 heteroatoms. The van der Waals surface area contributed by atoms with Crippen molar-refractivity contribution in [3.63, 3.8) is 0 Å². The fourth-order valence-electron chi connectivity index (χ4n) is 4.10. The Kier molecular flexibility index (Phi) is 4.85. The van der Waals surface area contributed by atoms with Crippen LogP contribution in [-0.2, 0) is 16.0 Å². The summed E-state index contributed by atoms with van der Waals surface area (Å²) in [5, 5.41) is 4.62. The van der Waals surface area contributed by atoms with E-state index in [-0.39, 0.29) is 12.0 Å². The molecule has 3 aromatic rings. The summed E-state index contributed by atoms with van der Waals surface area (Å²) in [5.74, 6) is 0.978. The molecule has 4 rings (SSSR count). The molecule has 0 radical (unpaired) electrons. The number of fused-ring (bicyclic) bond motifs is 3. The summed E-state index contributed by atoms with van der Waals surface area (Å²) in [6.45, 7) is 4.33. The zero-order valence-electron chi connectivity index (χ0n) is 16.7. The van der Waals surface area contributed by atoms with Crippen molar-refractivity contribution >= 4 is 16.9 Å². The lowest BCUT2D eigenvalue weighted by Crippen LogP contribution is -2.45. The molecule has 0 bridgehead atoms. The number of para-hydroxylation sites is 1. The van der Waals surface area contributed by atoms with Crippen LogP contribution in [-0.4, -0.2) is 31.2 Å². The molecule has 1 aliphatic heterocycles. The number of esters is 1. The Labute approximate surface area is 165 Å². The van der Waals surface area contributed by atoms with Gasteiger partial charge in [-0.2, -0.15) is 0 Å². The lowest BCUT2D eigenvalue weighted by atomic mass is 9.89. The van der Waals surface area contributed by atoms with Crippen LogP contribution in [0.3, 0.4) is 0 Å². The third kappa shape index (κ3) is 3.06. The Balaban J connectivity index is 1.88. The second kappa shape index (κ2) is 7.32. The third-order valence-corrected chi connectivity index (χ3v) is 5.63. The van der Waals surface area contributed by atoms with Crippen LogP contribution in [0.25, 0.3) is 10.9 Å². The average molecular weight is 378 g/mol. The first-order valence-corrected chi connectivity index (χ1v) is 9.64. The number of hydrogen-bond donors (Lipinski definition) is 2. The number of nitrogens with one attached hydrogen (secondary N) is 2. The lowest BCUT2D eigenvalue weighted by Gasteiger charge is -2.31. The topological polar surface area (TPSA) is 63.4 Å². The first-order chi connectivity index (χ1) is 13.5. The van der Waals surface area contributed by atoms with Crippen molar-refractivity contribution in [2.45, 2.75) is 38.3 Å². The summed E-state index contributed by atoms with van der Waals surface area (Å²) in [5.41, 5.74) is 5.54. The Morgan fingerprint density at radius 1 is 1.14 bits per heavy atom. The van der Waals surface area contributed by atoms with Gasteiger partial charge in [-0.05, 0) is 29.2 Å². The highest BCUT2D eigenvalue weighted by atomic mass is 16.5. The van der Waals surface area contributed by atoms with Gasteiger partial charge in [0.2, 0.25) is 0 Å². The normalized spacial score (nSPS) is 18.9. The van der Waals surface area contributed by atoms with Gasteiger partial charge in [-0.15, -0.1) is 0 Å². The van der Waals surface area contributed by atoms with Crippen molar-refractivity contribution in [3.05, 3.63) is 64.8 Å². The monoisotopic (exact) mass is 378 g/mol. The van der Waals surface area contributed by atoms with Crippen molar-refractivity contribution in [1.29, 1.82) is 0 Å². The van der Waals surface area contributed by atoms with Gasteiger partial charge in [-0.1, -0.05) is 44.2 Å². The fourth-order valence-corrected chi connectivity index (χ4v) is 4.10. The molecule has 0 spiro atoms. The van der Waals surface area contributed by atoms with Crippen LogP contribution in [0.5, 0.6) is 5.75 Å². The summed E-state index contributed by atoms with van der Waals surface area (Å²) >= 11 is 0. The summed E-state index contributed by atoms with van der Waals surface area (Å²) in [4.78, 5) is 15.9. The maximum Gasteiger partial charge on any atom is 0.323 e. The zero-order chi connectivity index (χ0) is 19.8. The van der Waals surface area contributed by atoms with Crippen LogP contribution in [0.1, 0.15) is 48.2 Å². The maximum atomic E-state index is 12.4. The van der Waals surface area contributed by atoms with E-state index < -0.39 is 6.04 Å². The number of hydrogen-bond acceptors (Lipinski definition) is 4. The number of methoxy groups -OCH3 is 2. The molecule has 5 nitrogen and oxygen atoms in total. The van der Waals surface area contributed by atoms with E-state index in [1.807, 2.05) is 12.1 Å². The SMILES string of the molecule is COC(=O)C1Cc2c([nH]c3ccccc23)C(c2ccc(C(C)C)cc2OC)N1. The lowest BCUT2D eigenvalue weighted by molar-refractivity contribution is -0.143. The predicted molar refractivity (Wildman–Crippen MR) is 110 cm³/mol. The average Bonchev–Trinajstić information content (AvgIpc) is 3.10. The molecule has 0 aliphatic carbocycles. The Morgan fingerprint density at radius 2 is 1.93 bits per heavy atom. The predicted octanol–water partition coefficient (Wildman–Crippen LogP) is 4.08. The van der Waals surface area contributed by atoms with E-state index >= 15 is 0 Å². The zero-order valence-corrected chi connectivity index (χ0v) is 16.7.